The van der Waals surface area contributed by atoms with Gasteiger partial charge in [-0.25, -0.2) is 5.43 Å². The summed E-state index contributed by atoms with van der Waals surface area (Å²) in [7, 11) is 0. The predicted octanol–water partition coefficient (Wildman–Crippen LogP) is 2.56. The molecule has 2 aromatic rings. The Bertz CT molecular complexity index is 529. The molecule has 0 saturated carbocycles. The van der Waals surface area contributed by atoms with Gasteiger partial charge in [0.25, 0.3) is 0 Å². The second kappa shape index (κ2) is 5.29. The number of hydrogen-bond acceptors (Lipinski definition) is 3. The molecule has 0 saturated heterocycles. The highest BCUT2D eigenvalue weighted by Gasteiger charge is 2.14. The van der Waals surface area contributed by atoms with E-state index in [1.54, 1.807) is 0 Å². The Kier molecular flexibility index (Phi) is 3.75. The minimum atomic E-state index is -0.0662. The molecule has 0 fully saturated rings. The first-order valence-corrected chi connectivity index (χ1v) is 6.07. The summed E-state index contributed by atoms with van der Waals surface area (Å²) in [6, 6.07) is 10.4. The van der Waals surface area contributed by atoms with Crippen LogP contribution in [0.2, 0.25) is 0 Å². The van der Waals surface area contributed by atoms with Crippen LogP contribution in [0.3, 0.4) is 0 Å². The lowest BCUT2D eigenvalue weighted by Crippen LogP contribution is -2.29. The molecule has 3 N–H and O–H groups in total. The summed E-state index contributed by atoms with van der Waals surface area (Å²) in [6.07, 6.45) is 1.82. The Morgan fingerprint density at radius 3 is 2.22 bits per heavy atom. The van der Waals surface area contributed by atoms with Crippen LogP contribution in [-0.2, 0) is 0 Å². The molecule has 1 heterocycles. The molecule has 2 rings (SSSR count). The number of hydrogen-bond donors (Lipinski definition) is 2. The van der Waals surface area contributed by atoms with E-state index in [9.17, 15) is 0 Å². The van der Waals surface area contributed by atoms with Gasteiger partial charge in [-0.1, -0.05) is 29.3 Å². The van der Waals surface area contributed by atoms with Crippen molar-refractivity contribution in [3.63, 3.8) is 0 Å². The lowest BCUT2D eigenvalue weighted by molar-refractivity contribution is 0.619. The van der Waals surface area contributed by atoms with Crippen molar-refractivity contribution in [2.24, 2.45) is 5.84 Å². The van der Waals surface area contributed by atoms with Crippen LogP contribution in [-0.4, -0.2) is 4.98 Å². The molecule has 94 valence electrons. The summed E-state index contributed by atoms with van der Waals surface area (Å²) in [5.74, 6) is 5.70. The lowest BCUT2D eigenvalue weighted by Gasteiger charge is -2.17. The summed E-state index contributed by atoms with van der Waals surface area (Å²) >= 11 is 0. The van der Waals surface area contributed by atoms with Crippen LogP contribution in [0.15, 0.2) is 36.5 Å². The topological polar surface area (TPSA) is 50.9 Å². The van der Waals surface area contributed by atoms with Gasteiger partial charge in [0.1, 0.15) is 0 Å². The van der Waals surface area contributed by atoms with E-state index >= 15 is 0 Å². The van der Waals surface area contributed by atoms with Gasteiger partial charge in [-0.05, 0) is 44.0 Å². The van der Waals surface area contributed by atoms with Crippen molar-refractivity contribution in [2.45, 2.75) is 26.8 Å². The largest absolute Gasteiger partial charge is 0.271 e. The normalized spacial score (nSPS) is 12.4. The van der Waals surface area contributed by atoms with Gasteiger partial charge >= 0.3 is 0 Å². The zero-order valence-electron chi connectivity index (χ0n) is 11.1. The van der Waals surface area contributed by atoms with E-state index in [2.05, 4.69) is 55.4 Å². The highest BCUT2D eigenvalue weighted by molar-refractivity contribution is 5.35. The third-order valence-corrected chi connectivity index (χ3v) is 2.98. The number of aryl methyl sites for hydroxylation is 3. The first-order valence-electron chi connectivity index (χ1n) is 6.07. The predicted molar refractivity (Wildman–Crippen MR) is 74.1 cm³/mol. The number of nitrogens with one attached hydrogen (secondary N) is 1. The van der Waals surface area contributed by atoms with Crippen LogP contribution in [0, 0.1) is 20.8 Å². The van der Waals surface area contributed by atoms with Crippen molar-refractivity contribution in [2.75, 3.05) is 0 Å². The minimum Gasteiger partial charge on any atom is -0.271 e. The maximum Gasteiger partial charge on any atom is 0.0881 e. The highest BCUT2D eigenvalue weighted by atomic mass is 15.2. The molecule has 0 aliphatic heterocycles. The van der Waals surface area contributed by atoms with Gasteiger partial charge < -0.3 is 0 Å². The van der Waals surface area contributed by atoms with Crippen LogP contribution >= 0.6 is 0 Å². The minimum absolute atomic E-state index is 0.0662. The molecule has 3 heteroatoms. The number of aromatic nitrogens is 1. The number of nitrogens with zero attached hydrogens (tertiary/aromatic N) is 1. The summed E-state index contributed by atoms with van der Waals surface area (Å²) in [6.45, 7) is 6.24. The second-order valence-corrected chi connectivity index (χ2v) is 4.78. The van der Waals surface area contributed by atoms with E-state index in [1.807, 2.05) is 12.3 Å². The van der Waals surface area contributed by atoms with Gasteiger partial charge in [0, 0.05) is 6.20 Å². The number of benzene rings is 1. The van der Waals surface area contributed by atoms with E-state index in [0.717, 1.165) is 11.3 Å². The Morgan fingerprint density at radius 2 is 1.67 bits per heavy atom. The molecular weight excluding hydrogens is 222 g/mol. The van der Waals surface area contributed by atoms with Gasteiger partial charge in [-0.2, -0.15) is 0 Å². The number of nitrogens with two attached hydrogens (primary N) is 1. The van der Waals surface area contributed by atoms with Crippen molar-refractivity contribution < 1.29 is 0 Å². The molecule has 0 aliphatic rings. The maximum absolute atomic E-state index is 5.70. The molecule has 1 atom stereocenters. The monoisotopic (exact) mass is 241 g/mol. The average molecular weight is 241 g/mol. The Morgan fingerprint density at radius 1 is 1.00 bits per heavy atom. The van der Waals surface area contributed by atoms with Gasteiger partial charge in [0.05, 0.1) is 11.7 Å². The molecule has 3 nitrogen and oxygen atoms in total. The van der Waals surface area contributed by atoms with Crippen molar-refractivity contribution in [3.8, 4) is 0 Å². The fraction of sp³-hybridized carbons (Fsp3) is 0.267. The Hall–Kier alpha value is -1.71. The fourth-order valence-corrected chi connectivity index (χ4v) is 2.25. The van der Waals surface area contributed by atoms with Crippen LogP contribution in [0.25, 0.3) is 0 Å². The van der Waals surface area contributed by atoms with E-state index in [4.69, 9.17) is 5.84 Å². The van der Waals surface area contributed by atoms with Crippen molar-refractivity contribution in [1.82, 2.24) is 10.4 Å². The number of rotatable bonds is 3. The summed E-state index contributed by atoms with van der Waals surface area (Å²) in [5, 5.41) is 0. The van der Waals surface area contributed by atoms with E-state index in [0.29, 0.717) is 0 Å². The first kappa shape index (κ1) is 12.7. The van der Waals surface area contributed by atoms with Crippen LogP contribution in [0.1, 0.15) is 34.0 Å². The van der Waals surface area contributed by atoms with Crippen molar-refractivity contribution in [3.05, 3.63) is 64.5 Å². The average Bonchev–Trinajstić information content (AvgIpc) is 2.28. The molecule has 0 bridgehead atoms. The standard InChI is InChI=1S/C15H19N3/c1-10-4-5-17-14(9-10)15(18-16)13-7-11(2)6-12(3)8-13/h4-9,15,18H,16H2,1-3H3. The van der Waals surface area contributed by atoms with Crippen molar-refractivity contribution >= 4 is 0 Å². The highest BCUT2D eigenvalue weighted by Crippen LogP contribution is 2.22. The van der Waals surface area contributed by atoms with E-state index in [1.165, 1.54) is 16.7 Å². The van der Waals surface area contributed by atoms with Gasteiger partial charge in [-0.3, -0.25) is 10.8 Å². The summed E-state index contributed by atoms with van der Waals surface area (Å²) in [4.78, 5) is 4.40. The molecule has 1 unspecified atom stereocenters. The molecule has 0 amide bonds. The number of hydrazine groups is 1. The van der Waals surface area contributed by atoms with Gasteiger partial charge in [0.2, 0.25) is 0 Å². The van der Waals surface area contributed by atoms with Gasteiger partial charge in [-0.15, -0.1) is 0 Å². The van der Waals surface area contributed by atoms with E-state index in [-0.39, 0.29) is 6.04 Å². The molecule has 1 aromatic carbocycles. The third kappa shape index (κ3) is 2.75. The number of pyridine rings is 1. The second-order valence-electron chi connectivity index (χ2n) is 4.78. The lowest BCUT2D eigenvalue weighted by atomic mass is 9.98. The fourth-order valence-electron chi connectivity index (χ4n) is 2.25. The third-order valence-electron chi connectivity index (χ3n) is 2.98. The Balaban J connectivity index is 2.45. The maximum atomic E-state index is 5.70. The molecule has 0 radical (unpaired) electrons. The molecule has 1 aromatic heterocycles. The zero-order valence-corrected chi connectivity index (χ0v) is 11.1. The van der Waals surface area contributed by atoms with Crippen molar-refractivity contribution in [1.29, 1.82) is 0 Å². The molecule has 0 aliphatic carbocycles. The summed E-state index contributed by atoms with van der Waals surface area (Å²) < 4.78 is 0. The molecule has 0 spiro atoms. The quantitative estimate of drug-likeness (QED) is 0.641. The zero-order chi connectivity index (χ0) is 13.1. The van der Waals surface area contributed by atoms with Crippen LogP contribution in [0.4, 0.5) is 0 Å². The summed E-state index contributed by atoms with van der Waals surface area (Å²) in [5.41, 5.74) is 8.60. The van der Waals surface area contributed by atoms with Crippen LogP contribution < -0.4 is 11.3 Å². The SMILES string of the molecule is Cc1cc(C)cc(C(NN)c2cc(C)ccn2)c1. The van der Waals surface area contributed by atoms with E-state index < -0.39 is 0 Å². The van der Waals surface area contributed by atoms with Crippen LogP contribution in [0.5, 0.6) is 0 Å². The Labute approximate surface area is 108 Å². The molecular formula is C15H19N3. The molecule has 18 heavy (non-hydrogen) atoms. The van der Waals surface area contributed by atoms with Gasteiger partial charge in [0.15, 0.2) is 0 Å². The smallest absolute Gasteiger partial charge is 0.0881 e. The first-order chi connectivity index (χ1) is 8.60.